The minimum atomic E-state index is -0.751. The summed E-state index contributed by atoms with van der Waals surface area (Å²) in [5.74, 6) is -1.17. The maximum absolute atomic E-state index is 14.9. The molecule has 0 bridgehead atoms. The molecule has 0 spiro atoms. The summed E-state index contributed by atoms with van der Waals surface area (Å²) in [5.41, 5.74) is 8.24. The summed E-state index contributed by atoms with van der Waals surface area (Å²) in [6.45, 7) is 0. The number of nitriles is 1. The smallest absolute Gasteiger partial charge is 0.161 e. The number of Topliss-reactive ketones (excluding diaryl/α,β-unsaturated/α-hetero) is 1. The molecule has 0 fully saturated rings. The van der Waals surface area contributed by atoms with E-state index in [0.717, 1.165) is 0 Å². The highest BCUT2D eigenvalue weighted by Crippen LogP contribution is 2.47. The molecule has 0 unspecified atom stereocenters. The molecule has 0 aromatic heterocycles. The second-order valence-electron chi connectivity index (χ2n) is 7.34. The molecular formula is C23H19BrFN3O3. The number of hydrogen-bond acceptors (Lipinski definition) is 6. The van der Waals surface area contributed by atoms with Gasteiger partial charge >= 0.3 is 0 Å². The van der Waals surface area contributed by atoms with Crippen molar-refractivity contribution < 1.29 is 19.0 Å². The number of allylic oxidation sites excluding steroid dienone is 3. The number of carbonyl (C=O) groups excluding carboxylic acids is 1. The summed E-state index contributed by atoms with van der Waals surface area (Å²) in [4.78, 5) is 14.5. The largest absolute Gasteiger partial charge is 0.504 e. The van der Waals surface area contributed by atoms with Gasteiger partial charge in [0, 0.05) is 22.2 Å². The van der Waals surface area contributed by atoms with Crippen LogP contribution in [0.5, 0.6) is 11.5 Å². The molecule has 0 amide bonds. The Balaban J connectivity index is 1.97. The van der Waals surface area contributed by atoms with Crippen molar-refractivity contribution in [3.63, 3.8) is 0 Å². The third-order valence-corrected chi connectivity index (χ3v) is 6.09. The lowest BCUT2D eigenvalue weighted by molar-refractivity contribution is -0.116. The highest BCUT2D eigenvalue weighted by atomic mass is 79.9. The monoisotopic (exact) mass is 483 g/mol. The zero-order valence-corrected chi connectivity index (χ0v) is 18.2. The first-order chi connectivity index (χ1) is 14.9. The first-order valence-corrected chi connectivity index (χ1v) is 10.4. The van der Waals surface area contributed by atoms with Gasteiger partial charge in [0.05, 0.1) is 30.4 Å². The molecule has 31 heavy (non-hydrogen) atoms. The van der Waals surface area contributed by atoms with Crippen LogP contribution in [0.2, 0.25) is 0 Å². The van der Waals surface area contributed by atoms with E-state index in [1.165, 1.54) is 24.1 Å². The number of hydrogen-bond donors (Lipinski definition) is 2. The van der Waals surface area contributed by atoms with Gasteiger partial charge in [0.25, 0.3) is 0 Å². The summed E-state index contributed by atoms with van der Waals surface area (Å²) >= 11 is 3.24. The lowest BCUT2D eigenvalue weighted by Gasteiger charge is -2.39. The molecule has 1 heterocycles. The number of methoxy groups -OCH3 is 1. The second kappa shape index (κ2) is 8.08. The number of carbonyl (C=O) groups is 1. The van der Waals surface area contributed by atoms with Crippen LogP contribution in [0.3, 0.4) is 0 Å². The molecule has 2 aliphatic rings. The van der Waals surface area contributed by atoms with Crippen LogP contribution in [0.15, 0.2) is 63.5 Å². The Morgan fingerprint density at radius 1 is 1.29 bits per heavy atom. The second-order valence-corrected chi connectivity index (χ2v) is 8.26. The number of ether oxygens (including phenoxy) is 1. The van der Waals surface area contributed by atoms with Crippen LogP contribution in [-0.2, 0) is 4.79 Å². The number of ketones is 1. The Morgan fingerprint density at radius 2 is 2.06 bits per heavy atom. The molecule has 1 atom stereocenters. The van der Waals surface area contributed by atoms with E-state index in [-0.39, 0.29) is 34.4 Å². The van der Waals surface area contributed by atoms with Gasteiger partial charge in [0.2, 0.25) is 0 Å². The summed E-state index contributed by atoms with van der Waals surface area (Å²) in [6, 6.07) is 11.4. The SMILES string of the molecule is COc1ccc([C@H]2C(C#N)=C(N)N(c3ccc(Br)cc3F)C3=C2C(=O)CCC3)cc1O. The number of aromatic hydroxyl groups is 1. The van der Waals surface area contributed by atoms with E-state index < -0.39 is 11.7 Å². The van der Waals surface area contributed by atoms with Crippen LogP contribution >= 0.6 is 15.9 Å². The number of phenolic OH excluding ortho intramolecular Hbond substituents is 1. The van der Waals surface area contributed by atoms with Gasteiger partial charge in [-0.2, -0.15) is 5.26 Å². The summed E-state index contributed by atoms with van der Waals surface area (Å²) in [6.07, 6.45) is 1.43. The van der Waals surface area contributed by atoms with Crippen molar-refractivity contribution in [2.24, 2.45) is 5.73 Å². The zero-order valence-electron chi connectivity index (χ0n) is 16.7. The lowest BCUT2D eigenvalue weighted by atomic mass is 9.75. The Labute approximate surface area is 187 Å². The quantitative estimate of drug-likeness (QED) is 0.661. The fraction of sp³-hybridized carbons (Fsp3) is 0.217. The van der Waals surface area contributed by atoms with Gasteiger partial charge in [0.15, 0.2) is 17.3 Å². The van der Waals surface area contributed by atoms with Crippen LogP contribution in [0, 0.1) is 17.1 Å². The van der Waals surface area contributed by atoms with Gasteiger partial charge in [-0.1, -0.05) is 22.0 Å². The molecule has 2 aromatic carbocycles. The van der Waals surface area contributed by atoms with E-state index in [1.54, 1.807) is 24.3 Å². The van der Waals surface area contributed by atoms with Crippen molar-refractivity contribution in [1.29, 1.82) is 5.26 Å². The molecular weight excluding hydrogens is 465 g/mol. The fourth-order valence-corrected chi connectivity index (χ4v) is 4.58. The maximum Gasteiger partial charge on any atom is 0.161 e. The predicted octanol–water partition coefficient (Wildman–Crippen LogP) is 4.61. The highest BCUT2D eigenvalue weighted by Gasteiger charge is 2.41. The lowest BCUT2D eigenvalue weighted by Crippen LogP contribution is -2.39. The average Bonchev–Trinajstić information content (AvgIpc) is 2.74. The maximum atomic E-state index is 14.9. The van der Waals surface area contributed by atoms with Crippen molar-refractivity contribution in [3.05, 3.63) is 74.9 Å². The first-order valence-electron chi connectivity index (χ1n) is 9.65. The number of nitrogens with two attached hydrogens (primary N) is 1. The molecule has 8 heteroatoms. The van der Waals surface area contributed by atoms with E-state index >= 15 is 0 Å². The van der Waals surface area contributed by atoms with Crippen LogP contribution < -0.4 is 15.4 Å². The molecule has 1 aliphatic carbocycles. The molecule has 0 saturated heterocycles. The van der Waals surface area contributed by atoms with Gasteiger partial charge in [-0.3, -0.25) is 9.69 Å². The number of anilines is 1. The minimum Gasteiger partial charge on any atom is -0.504 e. The third-order valence-electron chi connectivity index (χ3n) is 5.60. The van der Waals surface area contributed by atoms with E-state index in [1.807, 2.05) is 0 Å². The number of benzene rings is 2. The Kier molecular flexibility index (Phi) is 5.46. The van der Waals surface area contributed by atoms with Gasteiger partial charge in [-0.25, -0.2) is 4.39 Å². The Bertz CT molecular complexity index is 1200. The van der Waals surface area contributed by atoms with E-state index in [9.17, 15) is 19.6 Å². The predicted molar refractivity (Wildman–Crippen MR) is 117 cm³/mol. The van der Waals surface area contributed by atoms with Gasteiger partial charge in [-0.05, 0) is 48.7 Å². The Morgan fingerprint density at radius 3 is 2.71 bits per heavy atom. The van der Waals surface area contributed by atoms with Crippen LogP contribution in [0.1, 0.15) is 30.7 Å². The van der Waals surface area contributed by atoms with Crippen molar-refractivity contribution in [1.82, 2.24) is 0 Å². The van der Waals surface area contributed by atoms with Gasteiger partial charge in [0.1, 0.15) is 11.6 Å². The number of halogens is 2. The van der Waals surface area contributed by atoms with E-state index in [0.29, 0.717) is 40.6 Å². The topological polar surface area (TPSA) is 99.6 Å². The van der Waals surface area contributed by atoms with Crippen molar-refractivity contribution in [2.75, 3.05) is 12.0 Å². The molecule has 4 rings (SSSR count). The average molecular weight is 484 g/mol. The Hall–Kier alpha value is -3.31. The molecule has 158 valence electrons. The number of rotatable bonds is 3. The van der Waals surface area contributed by atoms with Crippen molar-refractivity contribution >= 4 is 27.4 Å². The van der Waals surface area contributed by atoms with E-state index in [4.69, 9.17) is 10.5 Å². The highest BCUT2D eigenvalue weighted by molar-refractivity contribution is 9.10. The molecule has 2 aromatic rings. The zero-order chi connectivity index (χ0) is 22.3. The van der Waals surface area contributed by atoms with Crippen molar-refractivity contribution in [3.8, 4) is 17.6 Å². The molecule has 0 saturated carbocycles. The van der Waals surface area contributed by atoms with Crippen LogP contribution in [0.4, 0.5) is 10.1 Å². The first kappa shape index (κ1) is 20.9. The number of phenols is 1. The van der Waals surface area contributed by atoms with Gasteiger partial charge in [-0.15, -0.1) is 0 Å². The summed E-state index contributed by atoms with van der Waals surface area (Å²) < 4.78 is 20.5. The standard InChI is InChI=1S/C23H19BrFN3O3/c1-31-20-8-5-12(9-19(20)30)21-14(11-26)23(27)28(16-7-6-13(24)10-15(16)25)17-3-2-4-18(29)22(17)21/h5-10,21,30H,2-4,27H2,1H3/t21-/m0/s1. The number of nitrogens with zero attached hydrogens (tertiary/aromatic N) is 2. The molecule has 1 aliphatic heterocycles. The molecule has 6 nitrogen and oxygen atoms in total. The van der Waals surface area contributed by atoms with Crippen LogP contribution in [0.25, 0.3) is 0 Å². The van der Waals surface area contributed by atoms with Crippen LogP contribution in [-0.4, -0.2) is 18.0 Å². The third kappa shape index (κ3) is 3.45. The normalized spacial score (nSPS) is 18.7. The molecule has 3 N–H and O–H groups in total. The summed E-state index contributed by atoms with van der Waals surface area (Å²) in [5, 5.41) is 20.3. The summed E-state index contributed by atoms with van der Waals surface area (Å²) in [7, 11) is 1.43. The molecule has 0 radical (unpaired) electrons. The minimum absolute atomic E-state index is 0.0671. The van der Waals surface area contributed by atoms with E-state index in [2.05, 4.69) is 22.0 Å². The van der Waals surface area contributed by atoms with Gasteiger partial charge < -0.3 is 15.6 Å². The van der Waals surface area contributed by atoms with Crippen molar-refractivity contribution in [2.45, 2.75) is 25.2 Å². The fourth-order valence-electron chi connectivity index (χ4n) is 4.24.